The van der Waals surface area contributed by atoms with Gasteiger partial charge < -0.3 is 9.47 Å². The molecular weight excluding hydrogens is 448 g/mol. The molecule has 0 bridgehead atoms. The highest BCUT2D eigenvalue weighted by molar-refractivity contribution is 6.11. The highest BCUT2D eigenvalue weighted by Crippen LogP contribution is 2.38. The lowest BCUT2D eigenvalue weighted by atomic mass is 9.87. The molecule has 0 fully saturated rings. The Morgan fingerprint density at radius 2 is 0.917 bits per heavy atom. The molecule has 0 saturated carbocycles. The van der Waals surface area contributed by atoms with E-state index >= 15 is 0 Å². The first-order valence-corrected chi connectivity index (χ1v) is 12.1. The van der Waals surface area contributed by atoms with Crippen molar-refractivity contribution in [2.24, 2.45) is 0 Å². The van der Waals surface area contributed by atoms with Crippen molar-refractivity contribution in [1.82, 2.24) is 0 Å². The number of fused-ring (bicyclic) bond motifs is 2. The SMILES string of the molecule is CCOC(=O)c1cc(-c2cccc3ccccc23)c(C(=O)OCC)cc1-c1cccc2ccccc12. The third-order valence-corrected chi connectivity index (χ3v) is 6.31. The van der Waals surface area contributed by atoms with Gasteiger partial charge in [0.25, 0.3) is 0 Å². The second kappa shape index (κ2) is 10.0. The van der Waals surface area contributed by atoms with Crippen LogP contribution in [0.15, 0.2) is 97.1 Å². The minimum absolute atomic E-state index is 0.247. The van der Waals surface area contributed by atoms with Crippen molar-refractivity contribution in [3.05, 3.63) is 108 Å². The summed E-state index contributed by atoms with van der Waals surface area (Å²) >= 11 is 0. The normalized spacial score (nSPS) is 10.9. The third-order valence-electron chi connectivity index (χ3n) is 6.31. The maximum atomic E-state index is 13.3. The number of hydrogen-bond acceptors (Lipinski definition) is 4. The largest absolute Gasteiger partial charge is 0.462 e. The van der Waals surface area contributed by atoms with Gasteiger partial charge >= 0.3 is 11.9 Å². The Bertz CT molecular complexity index is 1470. The van der Waals surface area contributed by atoms with Crippen molar-refractivity contribution >= 4 is 33.5 Å². The summed E-state index contributed by atoms with van der Waals surface area (Å²) in [7, 11) is 0. The van der Waals surface area contributed by atoms with Crippen LogP contribution in [0.25, 0.3) is 43.8 Å². The van der Waals surface area contributed by atoms with Crippen LogP contribution in [0.5, 0.6) is 0 Å². The predicted octanol–water partition coefficient (Wildman–Crippen LogP) is 7.68. The smallest absolute Gasteiger partial charge is 0.338 e. The van der Waals surface area contributed by atoms with E-state index in [4.69, 9.17) is 9.47 Å². The van der Waals surface area contributed by atoms with E-state index in [1.807, 2.05) is 84.9 Å². The Labute approximate surface area is 210 Å². The van der Waals surface area contributed by atoms with Gasteiger partial charge in [-0.05, 0) is 69.8 Å². The molecule has 0 spiro atoms. The molecule has 0 aliphatic carbocycles. The molecule has 0 heterocycles. The van der Waals surface area contributed by atoms with Gasteiger partial charge in [-0.3, -0.25) is 0 Å². The van der Waals surface area contributed by atoms with Gasteiger partial charge in [0.15, 0.2) is 0 Å². The number of benzene rings is 5. The lowest BCUT2D eigenvalue weighted by Crippen LogP contribution is -2.12. The van der Waals surface area contributed by atoms with Gasteiger partial charge in [0, 0.05) is 0 Å². The zero-order chi connectivity index (χ0) is 25.1. The Hall–Kier alpha value is -4.44. The molecule has 0 aromatic heterocycles. The number of rotatable bonds is 6. The van der Waals surface area contributed by atoms with Crippen molar-refractivity contribution < 1.29 is 19.1 Å². The number of ether oxygens (including phenoxy) is 2. The van der Waals surface area contributed by atoms with E-state index in [9.17, 15) is 9.59 Å². The molecule has 36 heavy (non-hydrogen) atoms. The van der Waals surface area contributed by atoms with Crippen LogP contribution in [-0.2, 0) is 9.47 Å². The second-order valence-corrected chi connectivity index (χ2v) is 8.44. The van der Waals surface area contributed by atoms with E-state index in [2.05, 4.69) is 0 Å². The molecule has 178 valence electrons. The summed E-state index contributed by atoms with van der Waals surface area (Å²) < 4.78 is 10.9. The zero-order valence-corrected chi connectivity index (χ0v) is 20.3. The third kappa shape index (κ3) is 4.22. The van der Waals surface area contributed by atoms with E-state index in [1.54, 1.807) is 26.0 Å². The summed E-state index contributed by atoms with van der Waals surface area (Å²) in [6.07, 6.45) is 0. The van der Waals surface area contributed by atoms with Crippen molar-refractivity contribution in [1.29, 1.82) is 0 Å². The maximum absolute atomic E-state index is 13.3. The highest BCUT2D eigenvalue weighted by atomic mass is 16.5. The van der Waals surface area contributed by atoms with Crippen LogP contribution in [0.3, 0.4) is 0 Å². The summed E-state index contributed by atoms with van der Waals surface area (Å²) in [5.41, 5.74) is 3.79. The van der Waals surface area contributed by atoms with Gasteiger partial charge in [-0.2, -0.15) is 0 Å². The summed E-state index contributed by atoms with van der Waals surface area (Å²) in [5.74, 6) is -0.866. The summed E-state index contributed by atoms with van der Waals surface area (Å²) in [6, 6.07) is 31.4. The molecule has 0 atom stereocenters. The topological polar surface area (TPSA) is 52.6 Å². The molecule has 0 aliphatic rings. The fourth-order valence-electron chi connectivity index (χ4n) is 4.72. The van der Waals surface area contributed by atoms with Gasteiger partial charge in [-0.15, -0.1) is 0 Å². The van der Waals surface area contributed by atoms with E-state index in [0.29, 0.717) is 22.3 Å². The fraction of sp³-hybridized carbons (Fsp3) is 0.125. The average molecular weight is 475 g/mol. The van der Waals surface area contributed by atoms with E-state index in [0.717, 1.165) is 32.7 Å². The quantitative estimate of drug-likeness (QED) is 0.237. The van der Waals surface area contributed by atoms with Crippen LogP contribution < -0.4 is 0 Å². The summed E-state index contributed by atoms with van der Waals surface area (Å²) in [4.78, 5) is 26.6. The van der Waals surface area contributed by atoms with Gasteiger partial charge in [0.05, 0.1) is 24.3 Å². The van der Waals surface area contributed by atoms with Crippen LogP contribution >= 0.6 is 0 Å². The molecular formula is C32H26O4. The van der Waals surface area contributed by atoms with E-state index in [1.165, 1.54) is 0 Å². The van der Waals surface area contributed by atoms with E-state index < -0.39 is 11.9 Å². The van der Waals surface area contributed by atoms with Crippen LogP contribution in [0.2, 0.25) is 0 Å². The molecule has 4 heteroatoms. The molecule has 0 amide bonds. The number of carbonyl (C=O) groups is 2. The van der Waals surface area contributed by atoms with Gasteiger partial charge in [-0.1, -0.05) is 84.9 Å². The monoisotopic (exact) mass is 474 g/mol. The van der Waals surface area contributed by atoms with Crippen LogP contribution in [0.4, 0.5) is 0 Å². The van der Waals surface area contributed by atoms with Crippen molar-refractivity contribution in [3.8, 4) is 22.3 Å². The fourth-order valence-corrected chi connectivity index (χ4v) is 4.72. The van der Waals surface area contributed by atoms with Gasteiger partial charge in [0.2, 0.25) is 0 Å². The molecule has 5 rings (SSSR count). The van der Waals surface area contributed by atoms with Crippen molar-refractivity contribution in [2.75, 3.05) is 13.2 Å². The lowest BCUT2D eigenvalue weighted by Gasteiger charge is -2.18. The Balaban J connectivity index is 1.86. The Morgan fingerprint density at radius 1 is 0.528 bits per heavy atom. The second-order valence-electron chi connectivity index (χ2n) is 8.44. The molecule has 4 nitrogen and oxygen atoms in total. The molecule has 5 aromatic rings. The maximum Gasteiger partial charge on any atom is 0.338 e. The summed E-state index contributed by atoms with van der Waals surface area (Å²) in [6.45, 7) is 4.07. The zero-order valence-electron chi connectivity index (χ0n) is 20.3. The van der Waals surface area contributed by atoms with E-state index in [-0.39, 0.29) is 13.2 Å². The van der Waals surface area contributed by atoms with Gasteiger partial charge in [-0.25, -0.2) is 9.59 Å². The predicted molar refractivity (Wildman–Crippen MR) is 144 cm³/mol. The molecule has 0 N–H and O–H groups in total. The van der Waals surface area contributed by atoms with Crippen LogP contribution in [0.1, 0.15) is 34.6 Å². The Kier molecular flexibility index (Phi) is 6.50. The molecule has 0 unspecified atom stereocenters. The van der Waals surface area contributed by atoms with Crippen molar-refractivity contribution in [3.63, 3.8) is 0 Å². The molecule has 0 aliphatic heterocycles. The number of esters is 2. The minimum Gasteiger partial charge on any atom is -0.462 e. The molecule has 0 saturated heterocycles. The van der Waals surface area contributed by atoms with Gasteiger partial charge in [0.1, 0.15) is 0 Å². The molecule has 0 radical (unpaired) electrons. The number of hydrogen-bond donors (Lipinski definition) is 0. The van der Waals surface area contributed by atoms with Crippen LogP contribution in [-0.4, -0.2) is 25.2 Å². The first kappa shape index (κ1) is 23.3. The Morgan fingerprint density at radius 3 is 1.33 bits per heavy atom. The average Bonchev–Trinajstić information content (AvgIpc) is 2.92. The number of carbonyl (C=O) groups excluding carboxylic acids is 2. The molecule has 5 aromatic carbocycles. The minimum atomic E-state index is -0.433. The highest BCUT2D eigenvalue weighted by Gasteiger charge is 2.24. The first-order chi connectivity index (χ1) is 17.6. The first-order valence-electron chi connectivity index (χ1n) is 12.1. The van der Waals surface area contributed by atoms with Crippen LogP contribution in [0, 0.1) is 0 Å². The lowest BCUT2D eigenvalue weighted by molar-refractivity contribution is 0.0513. The summed E-state index contributed by atoms with van der Waals surface area (Å²) in [5, 5.41) is 4.05. The standard InChI is InChI=1S/C32H26O4/c1-3-35-31(33)29-19-28(26-18-10-14-22-12-6-8-16-24(22)26)30(32(34)36-4-2)20-27(29)25-17-9-13-21-11-5-7-15-23(21)25/h5-20H,3-4H2,1-2H3. The van der Waals surface area contributed by atoms with Crippen molar-refractivity contribution in [2.45, 2.75) is 13.8 Å².